The Hall–Kier alpha value is -7.56. The third-order valence-electron chi connectivity index (χ3n) is 10.9. The lowest BCUT2D eigenvalue weighted by Crippen LogP contribution is -2.12. The van der Waals surface area contributed by atoms with E-state index in [0.29, 0.717) is 0 Å². The summed E-state index contributed by atoms with van der Waals surface area (Å²) in [5.74, 6) is 0. The van der Waals surface area contributed by atoms with Crippen molar-refractivity contribution >= 4 is 88.6 Å². The molecule has 9 aromatic carbocycles. The molecule has 0 saturated heterocycles. The van der Waals surface area contributed by atoms with Gasteiger partial charge in [0.2, 0.25) is 0 Å². The number of rotatable bonds is 7. The summed E-state index contributed by atoms with van der Waals surface area (Å²) in [4.78, 5) is 4.64. The van der Waals surface area contributed by atoms with E-state index in [0.717, 1.165) is 72.7 Å². The van der Waals surface area contributed by atoms with Gasteiger partial charge in [0.25, 0.3) is 0 Å². The number of fused-ring (bicyclic) bond motifs is 8. The van der Waals surface area contributed by atoms with Gasteiger partial charge < -0.3 is 18.8 Å². The molecule has 0 atom stereocenters. The monoisotopic (exact) mass is 717 g/mol. The highest BCUT2D eigenvalue weighted by atomic mass is 16.3. The van der Waals surface area contributed by atoms with Gasteiger partial charge in [-0.25, -0.2) is 0 Å². The Balaban J connectivity index is 1.07. The van der Waals surface area contributed by atoms with Crippen molar-refractivity contribution in [3.8, 4) is 5.69 Å². The molecule has 0 bridgehead atoms. The average molecular weight is 718 g/mol. The summed E-state index contributed by atoms with van der Waals surface area (Å²) < 4.78 is 9.22. The van der Waals surface area contributed by atoms with E-state index in [4.69, 9.17) is 4.42 Å². The van der Waals surface area contributed by atoms with Crippen LogP contribution in [0.2, 0.25) is 0 Å². The van der Waals surface area contributed by atoms with Crippen LogP contribution in [0.25, 0.3) is 60.2 Å². The minimum absolute atomic E-state index is 0.861. The van der Waals surface area contributed by atoms with E-state index in [-0.39, 0.29) is 0 Å². The van der Waals surface area contributed by atoms with E-state index in [1.807, 2.05) is 0 Å². The molecule has 0 aliphatic carbocycles. The molecule has 0 unspecified atom stereocenters. The molecular formula is C52H35N3O. The fraction of sp³-hybridized carbons (Fsp3) is 0. The van der Waals surface area contributed by atoms with E-state index < -0.39 is 0 Å². The molecule has 4 heteroatoms. The van der Waals surface area contributed by atoms with Crippen LogP contribution >= 0.6 is 0 Å². The van der Waals surface area contributed by atoms with Gasteiger partial charge in [-0.05, 0) is 96.4 Å². The average Bonchev–Trinajstić information content (AvgIpc) is 3.82. The normalized spacial score (nSPS) is 11.6. The smallest absolute Gasteiger partial charge is 0.159 e. The second-order valence-corrected chi connectivity index (χ2v) is 14.2. The third-order valence-corrected chi connectivity index (χ3v) is 10.9. The fourth-order valence-corrected chi connectivity index (χ4v) is 8.42. The third kappa shape index (κ3) is 5.15. The molecule has 0 amide bonds. The number of furan rings is 1. The van der Waals surface area contributed by atoms with Gasteiger partial charge in [-0.1, -0.05) is 121 Å². The number of hydrogen-bond acceptors (Lipinski definition) is 3. The standard InChI is InChI=1S/C52H35N3O/c1-4-16-37(17-5-1)53(42-32-34-45-44-23-12-13-25-48(44)55(50(45)35-42)39-20-8-3-9-21-39)40-28-30-41(31-29-40)54(38-18-6-2-7-19-38)49-26-14-24-46-47-33-27-36-15-10-11-22-43(36)51(47)56-52(46)49/h1-35H. The molecule has 0 spiro atoms. The van der Waals surface area contributed by atoms with Crippen LogP contribution in [0.4, 0.5) is 34.1 Å². The van der Waals surface area contributed by atoms with Gasteiger partial charge in [0.05, 0.1) is 16.7 Å². The van der Waals surface area contributed by atoms with Crippen LogP contribution in [0, 0.1) is 0 Å². The zero-order valence-corrected chi connectivity index (χ0v) is 30.5. The second kappa shape index (κ2) is 13.1. The van der Waals surface area contributed by atoms with E-state index >= 15 is 0 Å². The van der Waals surface area contributed by atoms with Gasteiger partial charge >= 0.3 is 0 Å². The van der Waals surface area contributed by atoms with Crippen molar-refractivity contribution in [3.05, 3.63) is 212 Å². The van der Waals surface area contributed by atoms with Crippen LogP contribution in [-0.4, -0.2) is 4.57 Å². The lowest BCUT2D eigenvalue weighted by Gasteiger charge is -2.28. The number of nitrogens with zero attached hydrogens (tertiary/aromatic N) is 3. The molecule has 11 aromatic rings. The number of anilines is 6. The molecule has 11 rings (SSSR count). The van der Waals surface area contributed by atoms with Gasteiger partial charge in [0, 0.05) is 61.1 Å². The Labute approximate surface area is 324 Å². The molecular weight excluding hydrogens is 683 g/mol. The molecule has 2 aromatic heterocycles. The van der Waals surface area contributed by atoms with Crippen LogP contribution < -0.4 is 9.80 Å². The maximum atomic E-state index is 6.85. The van der Waals surface area contributed by atoms with Crippen LogP contribution in [-0.2, 0) is 0 Å². The summed E-state index contributed by atoms with van der Waals surface area (Å²) in [7, 11) is 0. The van der Waals surface area contributed by atoms with Gasteiger partial charge in [0.1, 0.15) is 5.58 Å². The maximum Gasteiger partial charge on any atom is 0.159 e. The first kappa shape index (κ1) is 31.9. The van der Waals surface area contributed by atoms with Crippen molar-refractivity contribution in [1.82, 2.24) is 4.57 Å². The Bertz CT molecular complexity index is 3180. The number of hydrogen-bond donors (Lipinski definition) is 0. The van der Waals surface area contributed by atoms with Gasteiger partial charge in [-0.3, -0.25) is 0 Å². The van der Waals surface area contributed by atoms with E-state index in [9.17, 15) is 0 Å². The number of aromatic nitrogens is 1. The van der Waals surface area contributed by atoms with Crippen LogP contribution in [0.5, 0.6) is 0 Å². The molecule has 0 fully saturated rings. The molecule has 0 radical (unpaired) electrons. The molecule has 0 aliphatic rings. The summed E-state index contributed by atoms with van der Waals surface area (Å²) >= 11 is 0. The molecule has 4 nitrogen and oxygen atoms in total. The molecule has 0 N–H and O–H groups in total. The minimum Gasteiger partial charge on any atom is -0.453 e. The van der Waals surface area contributed by atoms with E-state index in [1.165, 1.54) is 21.7 Å². The molecule has 0 aliphatic heterocycles. The molecule has 0 saturated carbocycles. The molecule has 2 heterocycles. The van der Waals surface area contributed by atoms with Crippen LogP contribution in [0.1, 0.15) is 0 Å². The van der Waals surface area contributed by atoms with Crippen molar-refractivity contribution in [2.45, 2.75) is 0 Å². The van der Waals surface area contributed by atoms with Crippen LogP contribution in [0.15, 0.2) is 217 Å². The van der Waals surface area contributed by atoms with E-state index in [2.05, 4.69) is 227 Å². The summed E-state index contributed by atoms with van der Waals surface area (Å²) in [6.45, 7) is 0. The SMILES string of the molecule is c1ccc(N(c2ccc(N(c3ccccc3)c3cccc4c3oc3c5ccccc5ccc43)cc2)c2ccc3c4ccccc4n(-c4ccccc4)c3c2)cc1. The Morgan fingerprint density at radius 2 is 0.839 bits per heavy atom. The largest absolute Gasteiger partial charge is 0.453 e. The minimum atomic E-state index is 0.861. The zero-order valence-electron chi connectivity index (χ0n) is 30.5. The summed E-state index contributed by atoms with van der Waals surface area (Å²) in [6, 6.07) is 75.5. The second-order valence-electron chi connectivity index (χ2n) is 14.2. The Kier molecular flexibility index (Phi) is 7.46. The maximum absolute atomic E-state index is 6.85. The highest BCUT2D eigenvalue weighted by Gasteiger charge is 2.22. The Morgan fingerprint density at radius 1 is 0.321 bits per heavy atom. The lowest BCUT2D eigenvalue weighted by atomic mass is 10.1. The summed E-state index contributed by atoms with van der Waals surface area (Å²) in [5.41, 5.74) is 11.6. The van der Waals surface area contributed by atoms with Gasteiger partial charge in [-0.2, -0.15) is 0 Å². The predicted octanol–water partition coefficient (Wildman–Crippen LogP) is 14.8. The highest BCUT2D eigenvalue weighted by Crippen LogP contribution is 2.45. The zero-order chi connectivity index (χ0) is 37.0. The summed E-state index contributed by atoms with van der Waals surface area (Å²) in [6.07, 6.45) is 0. The van der Waals surface area contributed by atoms with Crippen molar-refractivity contribution in [1.29, 1.82) is 0 Å². The van der Waals surface area contributed by atoms with Crippen LogP contribution in [0.3, 0.4) is 0 Å². The predicted molar refractivity (Wildman–Crippen MR) is 235 cm³/mol. The first-order chi connectivity index (χ1) is 27.8. The fourth-order valence-electron chi connectivity index (χ4n) is 8.42. The first-order valence-corrected chi connectivity index (χ1v) is 19.0. The summed E-state index contributed by atoms with van der Waals surface area (Å²) in [5, 5.41) is 6.96. The number of para-hydroxylation sites is 5. The molecule has 56 heavy (non-hydrogen) atoms. The van der Waals surface area contributed by atoms with Gasteiger partial charge in [0.15, 0.2) is 5.58 Å². The first-order valence-electron chi connectivity index (χ1n) is 19.0. The van der Waals surface area contributed by atoms with Crippen molar-refractivity contribution < 1.29 is 4.42 Å². The Morgan fingerprint density at radius 3 is 1.59 bits per heavy atom. The molecule has 264 valence electrons. The topological polar surface area (TPSA) is 24.6 Å². The van der Waals surface area contributed by atoms with Crippen molar-refractivity contribution in [2.75, 3.05) is 9.80 Å². The highest BCUT2D eigenvalue weighted by molar-refractivity contribution is 6.17. The quantitative estimate of drug-likeness (QED) is 0.164. The van der Waals surface area contributed by atoms with E-state index in [1.54, 1.807) is 0 Å². The number of benzene rings is 9. The lowest BCUT2D eigenvalue weighted by molar-refractivity contribution is 0.673. The van der Waals surface area contributed by atoms with Crippen molar-refractivity contribution in [3.63, 3.8) is 0 Å². The van der Waals surface area contributed by atoms with Crippen molar-refractivity contribution in [2.24, 2.45) is 0 Å². The van der Waals surface area contributed by atoms with Gasteiger partial charge in [-0.15, -0.1) is 0 Å².